The zero-order valence-corrected chi connectivity index (χ0v) is 8.95. The molecular weight excluding hydrogens is 192 g/mol. The van der Waals surface area contributed by atoms with E-state index in [0.29, 0.717) is 5.69 Å². The van der Waals surface area contributed by atoms with Crippen LogP contribution < -0.4 is 11.1 Å². The van der Waals surface area contributed by atoms with Gasteiger partial charge in [-0.15, -0.1) is 0 Å². The predicted octanol–water partition coefficient (Wildman–Crippen LogP) is 1.24. The van der Waals surface area contributed by atoms with Gasteiger partial charge in [0.2, 0.25) is 5.91 Å². The van der Waals surface area contributed by atoms with Crippen LogP contribution in [0.3, 0.4) is 0 Å². The first-order valence-electron chi connectivity index (χ1n) is 4.93. The third kappa shape index (κ3) is 2.95. The molecule has 1 atom stereocenters. The molecule has 0 saturated heterocycles. The standard InChI is InChI=1S/C11H16N2O2/c1-3-8-4-5-10(14)9(6-8)13-11(15)7(2)12/h4-7,14H,3,12H2,1-2H3,(H,13,15). The molecule has 0 radical (unpaired) electrons. The summed E-state index contributed by atoms with van der Waals surface area (Å²) in [5.41, 5.74) is 6.87. The van der Waals surface area contributed by atoms with Crippen LogP contribution in [0.5, 0.6) is 5.75 Å². The minimum absolute atomic E-state index is 0.0567. The first-order chi connectivity index (χ1) is 7.04. The Morgan fingerprint density at radius 2 is 2.27 bits per heavy atom. The Kier molecular flexibility index (Phi) is 3.68. The van der Waals surface area contributed by atoms with Crippen molar-refractivity contribution in [3.8, 4) is 5.75 Å². The molecule has 0 aliphatic carbocycles. The van der Waals surface area contributed by atoms with Crippen molar-refractivity contribution in [1.29, 1.82) is 0 Å². The first-order valence-corrected chi connectivity index (χ1v) is 4.93. The van der Waals surface area contributed by atoms with Gasteiger partial charge in [-0.2, -0.15) is 0 Å². The lowest BCUT2D eigenvalue weighted by Crippen LogP contribution is -2.32. The summed E-state index contributed by atoms with van der Waals surface area (Å²) in [6.07, 6.45) is 0.849. The number of nitrogens with two attached hydrogens (primary N) is 1. The number of carbonyl (C=O) groups excluding carboxylic acids is 1. The number of amides is 1. The fraction of sp³-hybridized carbons (Fsp3) is 0.364. The number of hydrogen-bond donors (Lipinski definition) is 3. The van der Waals surface area contributed by atoms with Crippen LogP contribution in [-0.4, -0.2) is 17.1 Å². The van der Waals surface area contributed by atoms with E-state index in [1.54, 1.807) is 19.1 Å². The zero-order chi connectivity index (χ0) is 11.4. The molecule has 15 heavy (non-hydrogen) atoms. The molecule has 1 rings (SSSR count). The Balaban J connectivity index is 2.88. The van der Waals surface area contributed by atoms with Gasteiger partial charge in [-0.05, 0) is 31.0 Å². The molecule has 82 valence electrons. The summed E-state index contributed by atoms with van der Waals surface area (Å²) in [7, 11) is 0. The fourth-order valence-corrected chi connectivity index (χ4v) is 1.15. The molecule has 0 aliphatic rings. The van der Waals surface area contributed by atoms with E-state index in [9.17, 15) is 9.90 Å². The number of rotatable bonds is 3. The van der Waals surface area contributed by atoms with Crippen molar-refractivity contribution < 1.29 is 9.90 Å². The van der Waals surface area contributed by atoms with Crippen molar-refractivity contribution in [2.75, 3.05) is 5.32 Å². The average Bonchev–Trinajstić information content (AvgIpc) is 2.21. The van der Waals surface area contributed by atoms with E-state index < -0.39 is 6.04 Å². The highest BCUT2D eigenvalue weighted by molar-refractivity contribution is 5.95. The number of benzene rings is 1. The summed E-state index contributed by atoms with van der Waals surface area (Å²) < 4.78 is 0. The minimum atomic E-state index is -0.588. The Hall–Kier alpha value is -1.55. The van der Waals surface area contributed by atoms with Crippen LogP contribution in [0.4, 0.5) is 5.69 Å². The van der Waals surface area contributed by atoms with Crippen molar-refractivity contribution in [3.05, 3.63) is 23.8 Å². The van der Waals surface area contributed by atoms with Crippen molar-refractivity contribution in [1.82, 2.24) is 0 Å². The summed E-state index contributed by atoms with van der Waals surface area (Å²) in [5.74, 6) is -0.250. The number of phenols is 1. The van der Waals surface area contributed by atoms with Gasteiger partial charge in [0.05, 0.1) is 11.7 Å². The number of aryl methyl sites for hydroxylation is 1. The van der Waals surface area contributed by atoms with Crippen molar-refractivity contribution >= 4 is 11.6 Å². The summed E-state index contributed by atoms with van der Waals surface area (Å²) in [6.45, 7) is 3.60. The number of aromatic hydroxyl groups is 1. The molecule has 4 heteroatoms. The Morgan fingerprint density at radius 3 is 2.80 bits per heavy atom. The van der Waals surface area contributed by atoms with Crippen LogP contribution in [0, 0.1) is 0 Å². The summed E-state index contributed by atoms with van der Waals surface area (Å²) in [4.78, 5) is 11.3. The normalized spacial score (nSPS) is 12.2. The molecule has 4 N–H and O–H groups in total. The van der Waals surface area contributed by atoms with Gasteiger partial charge in [-0.3, -0.25) is 4.79 Å². The van der Waals surface area contributed by atoms with Gasteiger partial charge in [-0.25, -0.2) is 0 Å². The number of hydrogen-bond acceptors (Lipinski definition) is 3. The Bertz CT molecular complexity index is 362. The number of anilines is 1. The Labute approximate surface area is 89.1 Å². The van der Waals surface area contributed by atoms with Gasteiger partial charge in [0.15, 0.2) is 0 Å². The van der Waals surface area contributed by atoms with E-state index in [0.717, 1.165) is 12.0 Å². The molecule has 1 amide bonds. The monoisotopic (exact) mass is 208 g/mol. The highest BCUT2D eigenvalue weighted by atomic mass is 16.3. The molecule has 0 aliphatic heterocycles. The van der Waals surface area contributed by atoms with Crippen molar-refractivity contribution in [2.24, 2.45) is 5.73 Å². The number of nitrogens with one attached hydrogen (secondary N) is 1. The maximum absolute atomic E-state index is 11.3. The molecular formula is C11H16N2O2. The second-order valence-electron chi connectivity index (χ2n) is 3.48. The summed E-state index contributed by atoms with van der Waals surface area (Å²) in [5, 5.41) is 12.1. The van der Waals surface area contributed by atoms with Gasteiger partial charge < -0.3 is 16.2 Å². The van der Waals surface area contributed by atoms with Gasteiger partial charge >= 0.3 is 0 Å². The van der Waals surface area contributed by atoms with Crippen molar-refractivity contribution in [2.45, 2.75) is 26.3 Å². The second-order valence-corrected chi connectivity index (χ2v) is 3.48. The predicted molar refractivity (Wildman–Crippen MR) is 59.8 cm³/mol. The molecule has 4 nitrogen and oxygen atoms in total. The van der Waals surface area contributed by atoms with E-state index >= 15 is 0 Å². The molecule has 0 aromatic heterocycles. The molecule has 0 fully saturated rings. The molecule has 0 spiro atoms. The number of carbonyl (C=O) groups is 1. The van der Waals surface area contributed by atoms with Gasteiger partial charge in [0.1, 0.15) is 5.75 Å². The van der Waals surface area contributed by atoms with E-state index in [4.69, 9.17) is 5.73 Å². The molecule has 0 saturated carbocycles. The lowest BCUT2D eigenvalue weighted by atomic mass is 10.1. The maximum atomic E-state index is 11.3. The molecule has 1 unspecified atom stereocenters. The highest BCUT2D eigenvalue weighted by Crippen LogP contribution is 2.24. The van der Waals surface area contributed by atoms with Crippen LogP contribution in [-0.2, 0) is 11.2 Å². The zero-order valence-electron chi connectivity index (χ0n) is 8.95. The van der Waals surface area contributed by atoms with Crippen LogP contribution >= 0.6 is 0 Å². The van der Waals surface area contributed by atoms with Crippen LogP contribution in [0.1, 0.15) is 19.4 Å². The van der Waals surface area contributed by atoms with E-state index in [1.165, 1.54) is 0 Å². The average molecular weight is 208 g/mol. The van der Waals surface area contributed by atoms with Gasteiger partial charge in [-0.1, -0.05) is 13.0 Å². The van der Waals surface area contributed by atoms with Crippen LogP contribution in [0.15, 0.2) is 18.2 Å². The molecule has 1 aromatic carbocycles. The molecule has 0 bridgehead atoms. The lowest BCUT2D eigenvalue weighted by Gasteiger charge is -2.10. The largest absolute Gasteiger partial charge is 0.506 e. The van der Waals surface area contributed by atoms with Crippen molar-refractivity contribution in [3.63, 3.8) is 0 Å². The van der Waals surface area contributed by atoms with E-state index in [1.807, 2.05) is 13.0 Å². The third-order valence-electron chi connectivity index (χ3n) is 2.14. The maximum Gasteiger partial charge on any atom is 0.241 e. The molecule has 1 aromatic rings. The van der Waals surface area contributed by atoms with Gasteiger partial charge in [0, 0.05) is 0 Å². The topological polar surface area (TPSA) is 75.3 Å². The van der Waals surface area contributed by atoms with E-state index in [-0.39, 0.29) is 11.7 Å². The summed E-state index contributed by atoms with van der Waals surface area (Å²) >= 11 is 0. The van der Waals surface area contributed by atoms with Crippen LogP contribution in [0.25, 0.3) is 0 Å². The fourth-order valence-electron chi connectivity index (χ4n) is 1.15. The third-order valence-corrected chi connectivity index (χ3v) is 2.14. The second kappa shape index (κ2) is 4.79. The van der Waals surface area contributed by atoms with Crippen LogP contribution in [0.2, 0.25) is 0 Å². The highest BCUT2D eigenvalue weighted by Gasteiger charge is 2.10. The summed E-state index contributed by atoms with van der Waals surface area (Å²) in [6, 6.07) is 4.54. The first kappa shape index (κ1) is 11.5. The molecule has 0 heterocycles. The van der Waals surface area contributed by atoms with Gasteiger partial charge in [0.25, 0.3) is 0 Å². The number of phenolic OH excluding ortho intramolecular Hbond substituents is 1. The minimum Gasteiger partial charge on any atom is -0.506 e. The Morgan fingerprint density at radius 1 is 1.60 bits per heavy atom. The quantitative estimate of drug-likeness (QED) is 0.654. The lowest BCUT2D eigenvalue weighted by molar-refractivity contribution is -0.117. The van der Waals surface area contributed by atoms with E-state index in [2.05, 4.69) is 5.32 Å². The SMILES string of the molecule is CCc1ccc(O)c(NC(=O)C(C)N)c1. The smallest absolute Gasteiger partial charge is 0.241 e.